The molecule has 1 heterocycles. The Balaban J connectivity index is 1.76. The SMILES string of the molecule is O=C(Cn1c(=O)[nH]c(=O)c2ccccc21)NNC(=O)c1ccccc1O. The van der Waals surface area contributed by atoms with Crippen LogP contribution in [-0.2, 0) is 11.3 Å². The normalized spacial score (nSPS) is 10.5. The van der Waals surface area contributed by atoms with Crippen molar-refractivity contribution in [3.8, 4) is 5.75 Å². The summed E-state index contributed by atoms with van der Waals surface area (Å²) < 4.78 is 1.08. The van der Waals surface area contributed by atoms with Crippen LogP contribution in [0.5, 0.6) is 5.75 Å². The fourth-order valence-corrected chi connectivity index (χ4v) is 2.44. The Morgan fingerprint density at radius 1 is 1.00 bits per heavy atom. The lowest BCUT2D eigenvalue weighted by Crippen LogP contribution is -2.45. The number of phenolic OH excluding ortho intramolecular Hbond substituents is 1. The molecule has 4 N–H and O–H groups in total. The van der Waals surface area contributed by atoms with E-state index in [0.29, 0.717) is 5.52 Å². The highest BCUT2D eigenvalue weighted by Crippen LogP contribution is 2.14. The zero-order valence-corrected chi connectivity index (χ0v) is 13.4. The Hall–Kier alpha value is -3.88. The molecular weight excluding hydrogens is 340 g/mol. The van der Waals surface area contributed by atoms with E-state index < -0.39 is 29.6 Å². The predicted octanol–water partition coefficient (Wildman–Crippen LogP) is -0.143. The number of rotatable bonds is 3. The van der Waals surface area contributed by atoms with Crippen molar-refractivity contribution in [2.45, 2.75) is 6.54 Å². The molecule has 0 aliphatic carbocycles. The average molecular weight is 354 g/mol. The summed E-state index contributed by atoms with van der Waals surface area (Å²) in [5.74, 6) is -1.63. The Bertz CT molecular complexity index is 1120. The minimum Gasteiger partial charge on any atom is -0.507 e. The van der Waals surface area contributed by atoms with Gasteiger partial charge in [0.05, 0.1) is 16.5 Å². The molecule has 1 aromatic heterocycles. The van der Waals surface area contributed by atoms with Crippen molar-refractivity contribution < 1.29 is 14.7 Å². The number of aromatic hydroxyl groups is 1. The number of aromatic amines is 1. The fourth-order valence-electron chi connectivity index (χ4n) is 2.44. The van der Waals surface area contributed by atoms with E-state index in [2.05, 4.69) is 15.8 Å². The van der Waals surface area contributed by atoms with E-state index in [4.69, 9.17) is 0 Å². The molecule has 0 aliphatic heterocycles. The van der Waals surface area contributed by atoms with Gasteiger partial charge in [-0.1, -0.05) is 24.3 Å². The van der Waals surface area contributed by atoms with Gasteiger partial charge < -0.3 is 5.11 Å². The number of carbonyl (C=O) groups excluding carboxylic acids is 2. The van der Waals surface area contributed by atoms with Crippen molar-refractivity contribution in [3.63, 3.8) is 0 Å². The first kappa shape index (κ1) is 17.0. The quantitative estimate of drug-likeness (QED) is 0.486. The lowest BCUT2D eigenvalue weighted by molar-refractivity contribution is -0.122. The number of benzene rings is 2. The number of phenols is 1. The van der Waals surface area contributed by atoms with Crippen LogP contribution in [0.2, 0.25) is 0 Å². The van der Waals surface area contributed by atoms with E-state index in [1.807, 2.05) is 0 Å². The molecule has 9 heteroatoms. The van der Waals surface area contributed by atoms with Crippen molar-refractivity contribution in [2.75, 3.05) is 0 Å². The van der Waals surface area contributed by atoms with E-state index in [1.54, 1.807) is 30.3 Å². The van der Waals surface area contributed by atoms with Crippen LogP contribution in [0.25, 0.3) is 10.9 Å². The van der Waals surface area contributed by atoms with Crippen molar-refractivity contribution in [3.05, 3.63) is 74.9 Å². The van der Waals surface area contributed by atoms with Gasteiger partial charge in [0.1, 0.15) is 12.3 Å². The second kappa shape index (κ2) is 6.93. The predicted molar refractivity (Wildman–Crippen MR) is 92.5 cm³/mol. The highest BCUT2D eigenvalue weighted by Gasteiger charge is 2.13. The van der Waals surface area contributed by atoms with Gasteiger partial charge in [0.2, 0.25) is 0 Å². The summed E-state index contributed by atoms with van der Waals surface area (Å²) >= 11 is 0. The molecule has 2 aromatic carbocycles. The molecule has 0 bridgehead atoms. The molecule has 0 unspecified atom stereocenters. The second-order valence-corrected chi connectivity index (χ2v) is 5.38. The number of nitrogens with one attached hydrogen (secondary N) is 3. The van der Waals surface area contributed by atoms with Crippen molar-refractivity contribution in [1.29, 1.82) is 0 Å². The zero-order chi connectivity index (χ0) is 18.7. The van der Waals surface area contributed by atoms with Crippen molar-refractivity contribution in [1.82, 2.24) is 20.4 Å². The van der Waals surface area contributed by atoms with Crippen LogP contribution in [-0.4, -0.2) is 26.5 Å². The largest absolute Gasteiger partial charge is 0.507 e. The molecule has 0 aliphatic rings. The molecule has 0 atom stereocenters. The summed E-state index contributed by atoms with van der Waals surface area (Å²) in [6.45, 7) is -0.419. The summed E-state index contributed by atoms with van der Waals surface area (Å²) in [5, 5.41) is 9.87. The van der Waals surface area contributed by atoms with Gasteiger partial charge in [0.15, 0.2) is 0 Å². The Kier molecular flexibility index (Phi) is 4.52. The number of hydrogen-bond donors (Lipinski definition) is 4. The van der Waals surface area contributed by atoms with Gasteiger partial charge in [-0.3, -0.25) is 34.8 Å². The number of para-hydroxylation sites is 2. The molecule has 0 saturated heterocycles. The standard InChI is InChI=1S/C17H14N4O5/c22-13-8-4-2-6-11(13)16(25)20-19-14(23)9-21-12-7-3-1-5-10(12)15(24)18-17(21)26/h1-8,22H,9H2,(H,19,23)(H,20,25)(H,18,24,26). The summed E-state index contributed by atoms with van der Waals surface area (Å²) in [6, 6.07) is 12.2. The van der Waals surface area contributed by atoms with Gasteiger partial charge in [0.25, 0.3) is 17.4 Å². The lowest BCUT2D eigenvalue weighted by Gasteiger charge is -2.11. The van der Waals surface area contributed by atoms with Gasteiger partial charge in [0, 0.05) is 0 Å². The van der Waals surface area contributed by atoms with E-state index in [-0.39, 0.29) is 16.7 Å². The monoisotopic (exact) mass is 354 g/mol. The van der Waals surface area contributed by atoms with Crippen LogP contribution in [0.3, 0.4) is 0 Å². The van der Waals surface area contributed by atoms with Crippen LogP contribution < -0.4 is 22.1 Å². The molecular formula is C17H14N4O5. The third-order valence-electron chi connectivity index (χ3n) is 3.67. The number of nitrogens with zero attached hydrogens (tertiary/aromatic N) is 1. The molecule has 3 rings (SSSR count). The van der Waals surface area contributed by atoms with Crippen LogP contribution in [0.1, 0.15) is 10.4 Å². The van der Waals surface area contributed by atoms with Crippen LogP contribution in [0, 0.1) is 0 Å². The van der Waals surface area contributed by atoms with Gasteiger partial charge in [-0.2, -0.15) is 0 Å². The summed E-state index contributed by atoms with van der Waals surface area (Å²) in [5.41, 5.74) is 3.31. The molecule has 0 saturated carbocycles. The fraction of sp³-hybridized carbons (Fsp3) is 0.0588. The summed E-state index contributed by atoms with van der Waals surface area (Å²) in [4.78, 5) is 49.9. The average Bonchev–Trinajstić information content (AvgIpc) is 2.63. The van der Waals surface area contributed by atoms with Gasteiger partial charge in [-0.05, 0) is 24.3 Å². The maximum absolute atomic E-state index is 12.1. The number of H-pyrrole nitrogens is 1. The molecule has 3 aromatic rings. The van der Waals surface area contributed by atoms with E-state index in [9.17, 15) is 24.3 Å². The number of fused-ring (bicyclic) bond motifs is 1. The first-order valence-electron chi connectivity index (χ1n) is 7.56. The van der Waals surface area contributed by atoms with Crippen LogP contribution in [0.15, 0.2) is 58.1 Å². The van der Waals surface area contributed by atoms with Gasteiger partial charge in [-0.15, -0.1) is 0 Å². The highest BCUT2D eigenvalue weighted by molar-refractivity contribution is 5.97. The third kappa shape index (κ3) is 3.31. The van der Waals surface area contributed by atoms with Gasteiger partial charge >= 0.3 is 5.69 Å². The van der Waals surface area contributed by atoms with E-state index >= 15 is 0 Å². The molecule has 2 amide bonds. The smallest absolute Gasteiger partial charge is 0.329 e. The van der Waals surface area contributed by atoms with Crippen LogP contribution in [0.4, 0.5) is 0 Å². The molecule has 0 radical (unpaired) electrons. The minimum atomic E-state index is -0.740. The number of carbonyl (C=O) groups is 2. The lowest BCUT2D eigenvalue weighted by atomic mass is 10.2. The molecule has 0 spiro atoms. The first-order valence-corrected chi connectivity index (χ1v) is 7.56. The van der Waals surface area contributed by atoms with E-state index in [1.165, 1.54) is 18.2 Å². The number of aromatic nitrogens is 2. The van der Waals surface area contributed by atoms with Gasteiger partial charge in [-0.25, -0.2) is 4.79 Å². The Morgan fingerprint density at radius 2 is 1.69 bits per heavy atom. The third-order valence-corrected chi connectivity index (χ3v) is 3.67. The number of hydrogen-bond acceptors (Lipinski definition) is 5. The summed E-state index contributed by atoms with van der Waals surface area (Å²) in [6.07, 6.45) is 0. The van der Waals surface area contributed by atoms with Crippen molar-refractivity contribution >= 4 is 22.7 Å². The Morgan fingerprint density at radius 3 is 2.46 bits per heavy atom. The first-order chi connectivity index (χ1) is 12.5. The maximum Gasteiger partial charge on any atom is 0.329 e. The second-order valence-electron chi connectivity index (χ2n) is 5.38. The topological polar surface area (TPSA) is 133 Å². The minimum absolute atomic E-state index is 0.0144. The molecule has 26 heavy (non-hydrogen) atoms. The number of amides is 2. The Labute approximate surface area is 145 Å². The highest BCUT2D eigenvalue weighted by atomic mass is 16.3. The maximum atomic E-state index is 12.1. The zero-order valence-electron chi connectivity index (χ0n) is 13.4. The molecule has 0 fully saturated rings. The molecule has 9 nitrogen and oxygen atoms in total. The van der Waals surface area contributed by atoms with Crippen molar-refractivity contribution in [2.24, 2.45) is 0 Å². The van der Waals surface area contributed by atoms with Crippen LogP contribution >= 0.6 is 0 Å². The summed E-state index contributed by atoms with van der Waals surface area (Å²) in [7, 11) is 0. The molecule has 132 valence electrons. The van der Waals surface area contributed by atoms with E-state index in [0.717, 1.165) is 4.57 Å². The number of hydrazine groups is 1.